The van der Waals surface area contributed by atoms with Gasteiger partial charge in [0.2, 0.25) is 0 Å². The molecule has 1 aromatic rings. The van der Waals surface area contributed by atoms with E-state index in [-0.39, 0.29) is 35.6 Å². The van der Waals surface area contributed by atoms with Gasteiger partial charge < -0.3 is 15.2 Å². The highest BCUT2D eigenvalue weighted by Gasteiger charge is 2.62. The van der Waals surface area contributed by atoms with E-state index in [2.05, 4.69) is 5.32 Å². The molecule has 3 aliphatic heterocycles. The van der Waals surface area contributed by atoms with Gasteiger partial charge >= 0.3 is 5.97 Å². The fraction of sp³-hybridized carbons (Fsp3) is 0.556. The third-order valence-corrected chi connectivity index (χ3v) is 5.89. The predicted octanol–water partition coefficient (Wildman–Crippen LogP) is 1.26. The van der Waals surface area contributed by atoms with E-state index in [0.29, 0.717) is 25.7 Å². The number of ether oxygens (including phenoxy) is 1. The van der Waals surface area contributed by atoms with E-state index in [4.69, 9.17) is 9.84 Å². The molecule has 0 unspecified atom stereocenters. The largest absolute Gasteiger partial charge is 0.480 e. The molecule has 4 rings (SSSR count). The summed E-state index contributed by atoms with van der Waals surface area (Å²) in [7, 11) is 0. The van der Waals surface area contributed by atoms with E-state index >= 15 is 0 Å². The normalized spacial score (nSPS) is 32.6. The van der Waals surface area contributed by atoms with E-state index < -0.39 is 23.5 Å². The molecule has 26 heavy (non-hydrogen) atoms. The molecule has 1 spiro atoms. The summed E-state index contributed by atoms with van der Waals surface area (Å²) in [6, 6.07) is 2.86. The van der Waals surface area contributed by atoms with Crippen molar-refractivity contribution in [1.82, 2.24) is 10.2 Å². The average Bonchev–Trinajstić information content (AvgIpc) is 3.19. The second-order valence-electron chi connectivity index (χ2n) is 7.43. The Kier molecular flexibility index (Phi) is 4.19. The first kappa shape index (κ1) is 17.4. The standard InChI is InChI=1S/C18H20F2N2O4/c19-10-1-2-11(14(20)5-10)17(25)21-6-12-13-7-22(8-16(23)24)9-18(13)4-3-15(12)26-18/h1-2,5,12-13,15H,3-4,6-9H2,(H,21,25)(H,23,24)/t12-,13+,15+,18+/m0/s1. The summed E-state index contributed by atoms with van der Waals surface area (Å²) < 4.78 is 32.9. The molecule has 2 bridgehead atoms. The van der Waals surface area contributed by atoms with Gasteiger partial charge in [0, 0.05) is 37.5 Å². The number of likely N-dealkylation sites (tertiary alicyclic amines) is 1. The maximum atomic E-state index is 13.8. The van der Waals surface area contributed by atoms with Gasteiger partial charge in [-0.25, -0.2) is 8.78 Å². The molecule has 1 amide bonds. The summed E-state index contributed by atoms with van der Waals surface area (Å²) in [6.07, 6.45) is 1.81. The number of carboxylic acids is 1. The highest BCUT2D eigenvalue weighted by atomic mass is 19.1. The predicted molar refractivity (Wildman–Crippen MR) is 86.6 cm³/mol. The maximum Gasteiger partial charge on any atom is 0.317 e. The number of halogens is 2. The molecular weight excluding hydrogens is 346 g/mol. The molecule has 3 saturated heterocycles. The van der Waals surface area contributed by atoms with Gasteiger partial charge in [-0.2, -0.15) is 0 Å². The van der Waals surface area contributed by atoms with Gasteiger partial charge in [-0.1, -0.05) is 0 Å². The summed E-state index contributed by atoms with van der Waals surface area (Å²) in [4.78, 5) is 25.1. The summed E-state index contributed by atoms with van der Waals surface area (Å²) in [5.41, 5.74) is -0.513. The number of hydrogen-bond acceptors (Lipinski definition) is 4. The number of rotatable bonds is 5. The average molecular weight is 366 g/mol. The van der Waals surface area contributed by atoms with Crippen LogP contribution in [0.25, 0.3) is 0 Å². The highest BCUT2D eigenvalue weighted by molar-refractivity contribution is 5.94. The van der Waals surface area contributed by atoms with Crippen molar-refractivity contribution in [3.05, 3.63) is 35.4 Å². The van der Waals surface area contributed by atoms with Crippen molar-refractivity contribution in [2.24, 2.45) is 11.8 Å². The molecular formula is C18H20F2N2O4. The van der Waals surface area contributed by atoms with Gasteiger partial charge in [0.1, 0.15) is 11.6 Å². The van der Waals surface area contributed by atoms with E-state index in [1.54, 1.807) is 0 Å². The molecule has 2 N–H and O–H groups in total. The molecule has 140 valence electrons. The Morgan fingerprint density at radius 1 is 1.38 bits per heavy atom. The van der Waals surface area contributed by atoms with Crippen LogP contribution in [-0.2, 0) is 9.53 Å². The molecule has 0 saturated carbocycles. The van der Waals surface area contributed by atoms with Crippen molar-refractivity contribution in [1.29, 1.82) is 0 Å². The lowest BCUT2D eigenvalue weighted by molar-refractivity contribution is -0.138. The first-order valence-electron chi connectivity index (χ1n) is 8.73. The number of benzene rings is 1. The summed E-state index contributed by atoms with van der Waals surface area (Å²) in [5, 5.41) is 11.8. The lowest BCUT2D eigenvalue weighted by Crippen LogP contribution is -2.42. The van der Waals surface area contributed by atoms with Crippen molar-refractivity contribution in [2.75, 3.05) is 26.2 Å². The van der Waals surface area contributed by atoms with E-state index in [0.717, 1.165) is 25.0 Å². The second kappa shape index (κ2) is 6.28. The van der Waals surface area contributed by atoms with Gasteiger partial charge in [0.15, 0.2) is 0 Å². The fourth-order valence-corrected chi connectivity index (χ4v) is 4.85. The molecule has 0 aromatic heterocycles. The number of nitrogens with one attached hydrogen (secondary N) is 1. The van der Waals surface area contributed by atoms with Gasteiger partial charge in [0.05, 0.1) is 23.8 Å². The second-order valence-corrected chi connectivity index (χ2v) is 7.43. The van der Waals surface area contributed by atoms with Crippen LogP contribution < -0.4 is 5.32 Å². The number of carbonyl (C=O) groups excluding carboxylic acids is 1. The Balaban J connectivity index is 1.42. The smallest absolute Gasteiger partial charge is 0.317 e. The topological polar surface area (TPSA) is 78.9 Å². The SMILES string of the molecule is O=C(O)CN1C[C@@H]2[C@H](CNC(=O)c3ccc(F)cc3F)[C@H]3CC[C@]2(C1)O3. The van der Waals surface area contributed by atoms with E-state index in [1.165, 1.54) is 0 Å². The third-order valence-electron chi connectivity index (χ3n) is 5.89. The zero-order valence-electron chi connectivity index (χ0n) is 14.1. The molecule has 3 heterocycles. The van der Waals surface area contributed by atoms with Crippen LogP contribution in [0.3, 0.4) is 0 Å². The van der Waals surface area contributed by atoms with Crippen molar-refractivity contribution >= 4 is 11.9 Å². The van der Waals surface area contributed by atoms with Crippen LogP contribution in [0, 0.1) is 23.5 Å². The van der Waals surface area contributed by atoms with Gasteiger partial charge in [-0.15, -0.1) is 0 Å². The highest BCUT2D eigenvalue weighted by Crippen LogP contribution is 2.54. The van der Waals surface area contributed by atoms with Crippen molar-refractivity contribution < 1.29 is 28.2 Å². The Bertz CT molecular complexity index is 759. The molecule has 3 aliphatic rings. The lowest BCUT2D eigenvalue weighted by Gasteiger charge is -2.29. The summed E-state index contributed by atoms with van der Waals surface area (Å²) in [6.45, 7) is 1.52. The van der Waals surface area contributed by atoms with Crippen molar-refractivity contribution in [3.63, 3.8) is 0 Å². The zero-order chi connectivity index (χ0) is 18.5. The Labute approximate surface area is 149 Å². The number of amides is 1. The monoisotopic (exact) mass is 366 g/mol. The van der Waals surface area contributed by atoms with Crippen LogP contribution in [-0.4, -0.2) is 59.8 Å². The van der Waals surface area contributed by atoms with Gasteiger partial charge in [-0.3, -0.25) is 14.5 Å². The molecule has 1 aromatic carbocycles. The minimum Gasteiger partial charge on any atom is -0.480 e. The summed E-state index contributed by atoms with van der Waals surface area (Å²) >= 11 is 0. The molecule has 4 atom stereocenters. The number of aliphatic carboxylic acids is 1. The first-order chi connectivity index (χ1) is 12.4. The number of hydrogen-bond donors (Lipinski definition) is 2. The number of fused-ring (bicyclic) bond motifs is 1. The van der Waals surface area contributed by atoms with E-state index in [1.807, 2.05) is 4.90 Å². The fourth-order valence-electron chi connectivity index (χ4n) is 4.85. The van der Waals surface area contributed by atoms with Gasteiger partial charge in [-0.05, 0) is 25.0 Å². The molecule has 8 heteroatoms. The zero-order valence-corrected chi connectivity index (χ0v) is 14.1. The Morgan fingerprint density at radius 2 is 2.19 bits per heavy atom. The first-order valence-corrected chi connectivity index (χ1v) is 8.73. The quantitative estimate of drug-likeness (QED) is 0.820. The maximum absolute atomic E-state index is 13.8. The summed E-state index contributed by atoms with van der Waals surface area (Å²) in [5.74, 6) is -2.86. The molecule has 0 radical (unpaired) electrons. The Morgan fingerprint density at radius 3 is 2.92 bits per heavy atom. The third kappa shape index (κ3) is 2.87. The Hall–Kier alpha value is -2.06. The van der Waals surface area contributed by atoms with Gasteiger partial charge in [0.25, 0.3) is 5.91 Å². The lowest BCUT2D eigenvalue weighted by atomic mass is 9.73. The minimum atomic E-state index is -0.892. The van der Waals surface area contributed by atoms with Crippen LogP contribution in [0.4, 0.5) is 8.78 Å². The molecule has 3 fully saturated rings. The van der Waals surface area contributed by atoms with Crippen LogP contribution in [0.1, 0.15) is 23.2 Å². The molecule has 0 aliphatic carbocycles. The minimum absolute atomic E-state index is 0.0217. The number of nitrogens with zero attached hydrogens (tertiary/aromatic N) is 1. The van der Waals surface area contributed by atoms with Crippen molar-refractivity contribution in [3.8, 4) is 0 Å². The van der Waals surface area contributed by atoms with Crippen LogP contribution >= 0.6 is 0 Å². The van der Waals surface area contributed by atoms with Crippen LogP contribution in [0.2, 0.25) is 0 Å². The van der Waals surface area contributed by atoms with Crippen molar-refractivity contribution in [2.45, 2.75) is 24.5 Å². The number of carbonyl (C=O) groups is 2. The van der Waals surface area contributed by atoms with E-state index in [9.17, 15) is 18.4 Å². The molecule has 6 nitrogen and oxygen atoms in total. The number of carboxylic acid groups (broad SMARTS) is 1. The van der Waals surface area contributed by atoms with Crippen LogP contribution in [0.5, 0.6) is 0 Å². The van der Waals surface area contributed by atoms with Crippen LogP contribution in [0.15, 0.2) is 18.2 Å².